The van der Waals surface area contributed by atoms with Crippen LogP contribution in [-0.2, 0) is 0 Å². The zero-order chi connectivity index (χ0) is 8.10. The maximum atomic E-state index is 8.48. The lowest BCUT2D eigenvalue weighted by Gasteiger charge is -2.18. The first kappa shape index (κ1) is 8.51. The molecule has 0 saturated heterocycles. The molecular weight excluding hydrogens is 138 g/mol. The molecular formula is C8H15N3. The van der Waals surface area contributed by atoms with Gasteiger partial charge >= 0.3 is 0 Å². The zero-order valence-electron chi connectivity index (χ0n) is 6.71. The first-order valence-electron chi connectivity index (χ1n) is 4.21. The molecule has 0 radical (unpaired) electrons. The smallest absolute Gasteiger partial charge is 0.0638 e. The standard InChI is InChI=1S/C8H15N3/c9-6-5-8(11-10)7-3-1-2-4-7/h7-8,11H,1-5,10H2/t8-/m0/s1. The SMILES string of the molecule is N#CC[C@H](NN)C1CCCC1. The van der Waals surface area contributed by atoms with Gasteiger partial charge in [-0.1, -0.05) is 12.8 Å². The summed E-state index contributed by atoms with van der Waals surface area (Å²) in [5.41, 5.74) is 2.72. The third-order valence-corrected chi connectivity index (χ3v) is 2.49. The molecule has 1 atom stereocenters. The van der Waals surface area contributed by atoms with Crippen LogP contribution >= 0.6 is 0 Å². The minimum atomic E-state index is 0.225. The largest absolute Gasteiger partial charge is 0.271 e. The highest BCUT2D eigenvalue weighted by atomic mass is 15.2. The quantitative estimate of drug-likeness (QED) is 0.468. The first-order chi connectivity index (χ1) is 5.38. The fraction of sp³-hybridized carbons (Fsp3) is 0.875. The zero-order valence-corrected chi connectivity index (χ0v) is 6.71. The van der Waals surface area contributed by atoms with Crippen molar-refractivity contribution in [2.45, 2.75) is 38.1 Å². The Morgan fingerprint density at radius 1 is 1.55 bits per heavy atom. The average molecular weight is 153 g/mol. The number of rotatable bonds is 3. The Balaban J connectivity index is 2.34. The Bertz CT molecular complexity index is 144. The van der Waals surface area contributed by atoms with Gasteiger partial charge in [-0.05, 0) is 18.8 Å². The van der Waals surface area contributed by atoms with Gasteiger partial charge in [0.05, 0.1) is 12.5 Å². The Morgan fingerprint density at radius 3 is 2.64 bits per heavy atom. The molecule has 3 heteroatoms. The number of nitrogens with one attached hydrogen (secondary N) is 1. The fourth-order valence-corrected chi connectivity index (χ4v) is 1.82. The number of hydrogen-bond donors (Lipinski definition) is 2. The Hall–Kier alpha value is -0.590. The van der Waals surface area contributed by atoms with Gasteiger partial charge in [0.1, 0.15) is 0 Å². The van der Waals surface area contributed by atoms with Crippen molar-refractivity contribution in [2.75, 3.05) is 0 Å². The highest BCUT2D eigenvalue weighted by Gasteiger charge is 2.23. The Kier molecular flexibility index (Phi) is 3.34. The van der Waals surface area contributed by atoms with Crippen molar-refractivity contribution in [3.05, 3.63) is 0 Å². The number of nitrogens with zero attached hydrogens (tertiary/aromatic N) is 1. The summed E-state index contributed by atoms with van der Waals surface area (Å²) < 4.78 is 0. The van der Waals surface area contributed by atoms with E-state index in [1.165, 1.54) is 25.7 Å². The normalized spacial score (nSPS) is 21.5. The van der Waals surface area contributed by atoms with E-state index in [4.69, 9.17) is 11.1 Å². The monoisotopic (exact) mass is 153 g/mol. The van der Waals surface area contributed by atoms with Crippen LogP contribution < -0.4 is 11.3 Å². The van der Waals surface area contributed by atoms with Crippen LogP contribution in [0.5, 0.6) is 0 Å². The minimum Gasteiger partial charge on any atom is -0.271 e. The van der Waals surface area contributed by atoms with Crippen molar-refractivity contribution in [3.8, 4) is 6.07 Å². The molecule has 1 saturated carbocycles. The van der Waals surface area contributed by atoms with Crippen LogP contribution in [0.3, 0.4) is 0 Å². The summed E-state index contributed by atoms with van der Waals surface area (Å²) in [6.07, 6.45) is 5.61. The van der Waals surface area contributed by atoms with E-state index in [-0.39, 0.29) is 6.04 Å². The van der Waals surface area contributed by atoms with Gasteiger partial charge in [-0.3, -0.25) is 11.3 Å². The lowest BCUT2D eigenvalue weighted by atomic mass is 9.97. The molecule has 0 aromatic rings. The summed E-state index contributed by atoms with van der Waals surface area (Å²) >= 11 is 0. The van der Waals surface area contributed by atoms with Gasteiger partial charge < -0.3 is 0 Å². The number of nitrogens with two attached hydrogens (primary N) is 1. The molecule has 0 aliphatic heterocycles. The number of hydrazine groups is 1. The van der Waals surface area contributed by atoms with Crippen LogP contribution in [0.4, 0.5) is 0 Å². The molecule has 11 heavy (non-hydrogen) atoms. The van der Waals surface area contributed by atoms with Crippen molar-refractivity contribution in [3.63, 3.8) is 0 Å². The van der Waals surface area contributed by atoms with Crippen molar-refractivity contribution < 1.29 is 0 Å². The van der Waals surface area contributed by atoms with Gasteiger partial charge in [0.2, 0.25) is 0 Å². The fourth-order valence-electron chi connectivity index (χ4n) is 1.82. The molecule has 3 N–H and O–H groups in total. The highest BCUT2D eigenvalue weighted by molar-refractivity contribution is 4.86. The van der Waals surface area contributed by atoms with E-state index in [1.807, 2.05) is 0 Å². The molecule has 1 aliphatic rings. The summed E-state index contributed by atoms with van der Waals surface area (Å²) in [4.78, 5) is 0. The summed E-state index contributed by atoms with van der Waals surface area (Å²) in [5.74, 6) is 5.98. The van der Waals surface area contributed by atoms with Crippen molar-refractivity contribution in [1.82, 2.24) is 5.43 Å². The van der Waals surface area contributed by atoms with E-state index in [1.54, 1.807) is 0 Å². The van der Waals surface area contributed by atoms with Gasteiger partial charge in [-0.15, -0.1) is 0 Å². The second-order valence-corrected chi connectivity index (χ2v) is 3.18. The topological polar surface area (TPSA) is 61.8 Å². The van der Waals surface area contributed by atoms with Crippen LogP contribution in [0.2, 0.25) is 0 Å². The van der Waals surface area contributed by atoms with E-state index in [2.05, 4.69) is 11.5 Å². The summed E-state index contributed by atoms with van der Waals surface area (Å²) in [6, 6.07) is 2.38. The van der Waals surface area contributed by atoms with Crippen LogP contribution in [0.1, 0.15) is 32.1 Å². The lowest BCUT2D eigenvalue weighted by molar-refractivity contribution is 0.368. The van der Waals surface area contributed by atoms with Gasteiger partial charge in [-0.2, -0.15) is 5.26 Å². The van der Waals surface area contributed by atoms with Crippen LogP contribution in [-0.4, -0.2) is 6.04 Å². The molecule has 0 aromatic carbocycles. The molecule has 0 amide bonds. The Labute approximate surface area is 67.5 Å². The molecule has 3 nitrogen and oxygen atoms in total. The Morgan fingerprint density at radius 2 is 2.18 bits per heavy atom. The predicted molar refractivity (Wildman–Crippen MR) is 43.3 cm³/mol. The molecule has 0 bridgehead atoms. The van der Waals surface area contributed by atoms with E-state index in [9.17, 15) is 0 Å². The molecule has 1 fully saturated rings. The summed E-state index contributed by atoms with van der Waals surface area (Å²) in [7, 11) is 0. The van der Waals surface area contributed by atoms with Crippen molar-refractivity contribution in [2.24, 2.45) is 11.8 Å². The van der Waals surface area contributed by atoms with Gasteiger partial charge in [0, 0.05) is 6.04 Å². The third-order valence-electron chi connectivity index (χ3n) is 2.49. The second-order valence-electron chi connectivity index (χ2n) is 3.18. The van der Waals surface area contributed by atoms with E-state index in [0.717, 1.165) is 0 Å². The van der Waals surface area contributed by atoms with E-state index >= 15 is 0 Å². The summed E-state index contributed by atoms with van der Waals surface area (Å²) in [5, 5.41) is 8.48. The molecule has 1 rings (SSSR count). The minimum absolute atomic E-state index is 0.225. The van der Waals surface area contributed by atoms with Crippen LogP contribution in [0.15, 0.2) is 0 Å². The van der Waals surface area contributed by atoms with Gasteiger partial charge in [-0.25, -0.2) is 0 Å². The van der Waals surface area contributed by atoms with Crippen molar-refractivity contribution in [1.29, 1.82) is 5.26 Å². The molecule has 1 aliphatic carbocycles. The van der Waals surface area contributed by atoms with Gasteiger partial charge in [0.25, 0.3) is 0 Å². The molecule has 0 spiro atoms. The maximum absolute atomic E-state index is 8.48. The molecule has 0 aromatic heterocycles. The van der Waals surface area contributed by atoms with Crippen LogP contribution in [0, 0.1) is 17.2 Å². The van der Waals surface area contributed by atoms with Crippen LogP contribution in [0.25, 0.3) is 0 Å². The predicted octanol–water partition coefficient (Wildman–Crippen LogP) is 0.922. The third kappa shape index (κ3) is 2.18. The van der Waals surface area contributed by atoms with Gasteiger partial charge in [0.15, 0.2) is 0 Å². The molecule has 0 unspecified atom stereocenters. The number of hydrogen-bond acceptors (Lipinski definition) is 3. The maximum Gasteiger partial charge on any atom is 0.0638 e. The average Bonchev–Trinajstić information content (AvgIpc) is 2.52. The summed E-state index contributed by atoms with van der Waals surface area (Å²) in [6.45, 7) is 0. The second kappa shape index (κ2) is 4.32. The van der Waals surface area contributed by atoms with Crippen molar-refractivity contribution >= 4 is 0 Å². The highest BCUT2D eigenvalue weighted by Crippen LogP contribution is 2.28. The first-order valence-corrected chi connectivity index (χ1v) is 4.21. The lowest BCUT2D eigenvalue weighted by Crippen LogP contribution is -2.39. The van der Waals surface area contributed by atoms with E-state index in [0.29, 0.717) is 12.3 Å². The number of nitriles is 1. The van der Waals surface area contributed by atoms with E-state index < -0.39 is 0 Å². The molecule has 0 heterocycles. The molecule has 62 valence electrons.